The maximum atomic E-state index is 2.62. The van der Waals surface area contributed by atoms with Gasteiger partial charge >= 0.3 is 0 Å². The quantitative estimate of drug-likeness (QED) is 0.714. The molecule has 1 nitrogen and oxygen atoms in total. The second kappa shape index (κ2) is 6.06. The van der Waals surface area contributed by atoms with Crippen LogP contribution in [0.3, 0.4) is 0 Å². The van der Waals surface area contributed by atoms with Crippen LogP contribution in [0.1, 0.15) is 53.4 Å². The molecule has 1 aliphatic carbocycles. The fraction of sp³-hybridized carbons (Fsp3) is 0.765. The van der Waals surface area contributed by atoms with Gasteiger partial charge in [-0.05, 0) is 64.5 Å². The first-order valence-corrected chi connectivity index (χ1v) is 7.71. The average Bonchev–Trinajstić information content (AvgIpc) is 2.39. The number of piperidine rings is 1. The number of likely N-dealkylation sites (tertiary alicyclic amines) is 1. The van der Waals surface area contributed by atoms with E-state index in [0.29, 0.717) is 0 Å². The van der Waals surface area contributed by atoms with Crippen molar-refractivity contribution in [1.29, 1.82) is 0 Å². The molecule has 0 aromatic carbocycles. The molecule has 2 aliphatic rings. The van der Waals surface area contributed by atoms with Crippen molar-refractivity contribution in [3.8, 4) is 0 Å². The summed E-state index contributed by atoms with van der Waals surface area (Å²) in [6.45, 7) is 11.8. The Kier molecular flexibility index (Phi) is 4.66. The van der Waals surface area contributed by atoms with E-state index >= 15 is 0 Å². The Bertz CT molecular complexity index is 328. The van der Waals surface area contributed by atoms with Gasteiger partial charge in [0.2, 0.25) is 0 Å². The standard InChI is InChI=1S/C17H29N/c1-13(2)15-5-7-16(8-6-15)17-9-11-18(12-10-17)14(3)4/h5,7,13-14,17H,6,8-12H2,1-4H3. The maximum Gasteiger partial charge on any atom is 0.00385 e. The van der Waals surface area contributed by atoms with Crippen LogP contribution in [-0.4, -0.2) is 24.0 Å². The number of rotatable bonds is 3. The van der Waals surface area contributed by atoms with Crippen molar-refractivity contribution >= 4 is 0 Å². The van der Waals surface area contributed by atoms with Crippen LogP contribution in [0, 0.1) is 11.8 Å². The van der Waals surface area contributed by atoms with Gasteiger partial charge in [-0.25, -0.2) is 0 Å². The molecule has 1 saturated heterocycles. The van der Waals surface area contributed by atoms with Gasteiger partial charge in [0.15, 0.2) is 0 Å². The maximum absolute atomic E-state index is 2.62. The highest BCUT2D eigenvalue weighted by Crippen LogP contribution is 2.33. The van der Waals surface area contributed by atoms with Crippen LogP contribution in [0.4, 0.5) is 0 Å². The summed E-state index contributed by atoms with van der Waals surface area (Å²) in [6, 6.07) is 0.721. The third-order valence-electron chi connectivity index (χ3n) is 4.74. The van der Waals surface area contributed by atoms with E-state index < -0.39 is 0 Å². The van der Waals surface area contributed by atoms with Crippen LogP contribution in [0.5, 0.6) is 0 Å². The molecule has 18 heavy (non-hydrogen) atoms. The minimum Gasteiger partial charge on any atom is -0.301 e. The zero-order valence-corrected chi connectivity index (χ0v) is 12.6. The van der Waals surface area contributed by atoms with E-state index in [1.165, 1.54) is 38.8 Å². The van der Waals surface area contributed by atoms with Crippen molar-refractivity contribution in [2.24, 2.45) is 11.8 Å². The van der Waals surface area contributed by atoms with Gasteiger partial charge in [0.1, 0.15) is 0 Å². The molecule has 0 bridgehead atoms. The fourth-order valence-corrected chi connectivity index (χ4v) is 3.28. The van der Waals surface area contributed by atoms with Gasteiger partial charge in [-0.15, -0.1) is 0 Å². The Balaban J connectivity index is 1.91. The van der Waals surface area contributed by atoms with E-state index in [1.807, 2.05) is 0 Å². The Morgan fingerprint density at radius 1 is 1.00 bits per heavy atom. The Labute approximate surface area is 113 Å². The second-order valence-electron chi connectivity index (χ2n) is 6.54. The molecule has 0 N–H and O–H groups in total. The van der Waals surface area contributed by atoms with Gasteiger partial charge in [0, 0.05) is 6.04 Å². The van der Waals surface area contributed by atoms with E-state index in [2.05, 4.69) is 44.7 Å². The van der Waals surface area contributed by atoms with Crippen molar-refractivity contribution in [3.63, 3.8) is 0 Å². The van der Waals surface area contributed by atoms with Gasteiger partial charge < -0.3 is 4.90 Å². The third kappa shape index (κ3) is 3.26. The molecular weight excluding hydrogens is 218 g/mol. The zero-order chi connectivity index (χ0) is 13.1. The van der Waals surface area contributed by atoms with E-state index in [9.17, 15) is 0 Å². The summed E-state index contributed by atoms with van der Waals surface area (Å²) in [7, 11) is 0. The summed E-state index contributed by atoms with van der Waals surface area (Å²) in [6.07, 6.45) is 10.2. The van der Waals surface area contributed by atoms with Crippen LogP contribution in [0.2, 0.25) is 0 Å². The van der Waals surface area contributed by atoms with Crippen LogP contribution >= 0.6 is 0 Å². The third-order valence-corrected chi connectivity index (χ3v) is 4.74. The van der Waals surface area contributed by atoms with Crippen molar-refractivity contribution in [3.05, 3.63) is 23.3 Å². The molecule has 0 aromatic rings. The lowest BCUT2D eigenvalue weighted by Crippen LogP contribution is -2.38. The molecular formula is C17H29N. The molecule has 1 fully saturated rings. The highest BCUT2D eigenvalue weighted by molar-refractivity contribution is 5.26. The van der Waals surface area contributed by atoms with Crippen LogP contribution in [0.15, 0.2) is 23.3 Å². The van der Waals surface area contributed by atoms with E-state index in [1.54, 1.807) is 11.1 Å². The van der Waals surface area contributed by atoms with Crippen molar-refractivity contribution in [2.75, 3.05) is 13.1 Å². The van der Waals surface area contributed by atoms with Crippen LogP contribution < -0.4 is 0 Å². The van der Waals surface area contributed by atoms with Crippen molar-refractivity contribution in [2.45, 2.75) is 59.4 Å². The molecule has 0 aromatic heterocycles. The first-order valence-electron chi connectivity index (χ1n) is 7.71. The molecule has 2 rings (SSSR count). The Hall–Kier alpha value is -0.560. The van der Waals surface area contributed by atoms with Crippen LogP contribution in [-0.2, 0) is 0 Å². The summed E-state index contributed by atoms with van der Waals surface area (Å²) >= 11 is 0. The molecule has 0 radical (unpaired) electrons. The SMILES string of the molecule is CC(C)C1=CC=C(C2CCN(C(C)C)CC2)CC1. The van der Waals surface area contributed by atoms with Crippen molar-refractivity contribution in [1.82, 2.24) is 4.90 Å². The summed E-state index contributed by atoms with van der Waals surface area (Å²) in [5.74, 6) is 1.59. The molecule has 1 heteroatoms. The summed E-state index contributed by atoms with van der Waals surface area (Å²) in [5, 5.41) is 0. The fourth-order valence-electron chi connectivity index (χ4n) is 3.28. The lowest BCUT2D eigenvalue weighted by molar-refractivity contribution is 0.159. The van der Waals surface area contributed by atoms with Gasteiger partial charge in [0.05, 0.1) is 0 Å². The van der Waals surface area contributed by atoms with Gasteiger partial charge in [-0.3, -0.25) is 0 Å². The highest BCUT2D eigenvalue weighted by atomic mass is 15.1. The summed E-state index contributed by atoms with van der Waals surface area (Å²) < 4.78 is 0. The predicted octanol–water partition coefficient (Wildman–Crippen LogP) is 4.41. The van der Waals surface area contributed by atoms with Crippen molar-refractivity contribution < 1.29 is 0 Å². The number of hydrogen-bond acceptors (Lipinski definition) is 1. The minimum absolute atomic E-state index is 0.721. The van der Waals surface area contributed by atoms with E-state index in [4.69, 9.17) is 0 Å². The van der Waals surface area contributed by atoms with Gasteiger partial charge in [-0.2, -0.15) is 0 Å². The summed E-state index contributed by atoms with van der Waals surface area (Å²) in [5.41, 5.74) is 3.36. The van der Waals surface area contributed by atoms with E-state index in [0.717, 1.165) is 17.9 Å². The summed E-state index contributed by atoms with van der Waals surface area (Å²) in [4.78, 5) is 2.62. The van der Waals surface area contributed by atoms with Gasteiger partial charge in [0.25, 0.3) is 0 Å². The first kappa shape index (κ1) is 13.9. The Morgan fingerprint density at radius 2 is 1.67 bits per heavy atom. The smallest absolute Gasteiger partial charge is 0.00385 e. The topological polar surface area (TPSA) is 3.24 Å². The second-order valence-corrected chi connectivity index (χ2v) is 6.54. The monoisotopic (exact) mass is 247 g/mol. The van der Waals surface area contributed by atoms with Gasteiger partial charge in [-0.1, -0.05) is 37.1 Å². The normalized spacial score (nSPS) is 23.4. The number of nitrogens with zero attached hydrogens (tertiary/aromatic N) is 1. The predicted molar refractivity (Wildman–Crippen MR) is 79.7 cm³/mol. The number of hydrogen-bond donors (Lipinski definition) is 0. The lowest BCUT2D eigenvalue weighted by atomic mass is 9.81. The molecule has 0 amide bonds. The molecule has 0 unspecified atom stereocenters. The average molecular weight is 247 g/mol. The molecule has 1 aliphatic heterocycles. The molecule has 1 heterocycles. The highest BCUT2D eigenvalue weighted by Gasteiger charge is 2.24. The lowest BCUT2D eigenvalue weighted by Gasteiger charge is -2.36. The molecule has 102 valence electrons. The zero-order valence-electron chi connectivity index (χ0n) is 12.6. The largest absolute Gasteiger partial charge is 0.301 e. The minimum atomic E-state index is 0.721. The molecule has 0 atom stereocenters. The van der Waals surface area contributed by atoms with E-state index in [-0.39, 0.29) is 0 Å². The Morgan fingerprint density at radius 3 is 2.11 bits per heavy atom. The molecule has 0 saturated carbocycles. The van der Waals surface area contributed by atoms with Crippen LogP contribution in [0.25, 0.3) is 0 Å². The first-order chi connectivity index (χ1) is 8.58. The number of allylic oxidation sites excluding steroid dienone is 4. The molecule has 0 spiro atoms.